The smallest absolute Gasteiger partial charge is 0.243 e. The summed E-state index contributed by atoms with van der Waals surface area (Å²) in [6.45, 7) is 3.10. The van der Waals surface area contributed by atoms with Gasteiger partial charge in [0.1, 0.15) is 5.82 Å². The van der Waals surface area contributed by atoms with E-state index in [2.05, 4.69) is 15.9 Å². The molecule has 0 bridgehead atoms. The molecule has 0 aromatic heterocycles. The van der Waals surface area contributed by atoms with Gasteiger partial charge >= 0.3 is 0 Å². The van der Waals surface area contributed by atoms with Crippen molar-refractivity contribution < 1.29 is 17.6 Å². The Morgan fingerprint density at radius 2 is 1.71 bits per heavy atom. The third-order valence-corrected chi connectivity index (χ3v) is 7.28. The topological polar surface area (TPSA) is 57.7 Å². The highest BCUT2D eigenvalue weighted by Crippen LogP contribution is 2.20. The van der Waals surface area contributed by atoms with E-state index in [1.54, 1.807) is 41.3 Å². The summed E-state index contributed by atoms with van der Waals surface area (Å²) >= 11 is 3.21. The van der Waals surface area contributed by atoms with Crippen molar-refractivity contribution in [2.75, 3.05) is 26.2 Å². The summed E-state index contributed by atoms with van der Waals surface area (Å²) in [7, 11) is -3.55. The average molecular weight is 469 g/mol. The number of hydrogen-bond donors (Lipinski definition) is 0. The molecular formula is C20H22BrFN2O3S. The van der Waals surface area contributed by atoms with Gasteiger partial charge in [0.05, 0.1) is 4.90 Å². The lowest BCUT2D eigenvalue weighted by Crippen LogP contribution is -2.50. The van der Waals surface area contributed by atoms with Crippen molar-refractivity contribution in [3.8, 4) is 0 Å². The van der Waals surface area contributed by atoms with Crippen LogP contribution >= 0.6 is 15.9 Å². The number of hydrogen-bond acceptors (Lipinski definition) is 3. The van der Waals surface area contributed by atoms with E-state index in [0.717, 1.165) is 5.56 Å². The maximum absolute atomic E-state index is 13.9. The molecule has 1 saturated heterocycles. The molecule has 8 heteroatoms. The van der Waals surface area contributed by atoms with Gasteiger partial charge in [-0.25, -0.2) is 12.8 Å². The van der Waals surface area contributed by atoms with Crippen LogP contribution in [0.5, 0.6) is 0 Å². The third kappa shape index (κ3) is 4.79. The van der Waals surface area contributed by atoms with E-state index in [0.29, 0.717) is 29.5 Å². The Balaban J connectivity index is 1.55. The molecule has 0 radical (unpaired) electrons. The zero-order chi connectivity index (χ0) is 20.3. The van der Waals surface area contributed by atoms with Crippen LogP contribution in [-0.2, 0) is 21.2 Å². The minimum atomic E-state index is -3.55. The first-order valence-corrected chi connectivity index (χ1v) is 11.3. The number of halogens is 2. The van der Waals surface area contributed by atoms with Crippen LogP contribution in [0.4, 0.5) is 4.39 Å². The highest BCUT2D eigenvalue weighted by molar-refractivity contribution is 9.10. The summed E-state index contributed by atoms with van der Waals surface area (Å²) in [6, 6.07) is 11.6. The first-order valence-electron chi connectivity index (χ1n) is 9.06. The fraction of sp³-hybridized carbons (Fsp3) is 0.350. The van der Waals surface area contributed by atoms with Crippen LogP contribution in [0.1, 0.15) is 17.5 Å². The predicted molar refractivity (Wildman–Crippen MR) is 109 cm³/mol. The van der Waals surface area contributed by atoms with Gasteiger partial charge in [0.25, 0.3) is 0 Å². The SMILES string of the molecule is Cc1ccc(S(=O)(=O)N2CCN(C(=O)CCc3ccc(Br)cc3F)CC2)cc1. The zero-order valence-corrected chi connectivity index (χ0v) is 18.0. The molecule has 1 aliphatic rings. The van der Waals surface area contributed by atoms with Crippen LogP contribution in [0.2, 0.25) is 0 Å². The molecule has 0 atom stereocenters. The molecule has 3 rings (SSSR count). The summed E-state index contributed by atoms with van der Waals surface area (Å²) in [5.41, 5.74) is 1.49. The Labute approximate surface area is 173 Å². The standard InChI is InChI=1S/C20H22BrFN2O3S/c1-15-2-7-18(8-3-15)28(26,27)24-12-10-23(11-13-24)20(25)9-5-16-4-6-17(21)14-19(16)22/h2-4,6-8,14H,5,9-13H2,1H3. The monoisotopic (exact) mass is 468 g/mol. The van der Waals surface area contributed by atoms with Gasteiger partial charge in [-0.05, 0) is 43.2 Å². The highest BCUT2D eigenvalue weighted by Gasteiger charge is 2.29. The van der Waals surface area contributed by atoms with Crippen LogP contribution in [0.3, 0.4) is 0 Å². The molecule has 0 N–H and O–H groups in total. The fourth-order valence-corrected chi connectivity index (χ4v) is 4.92. The van der Waals surface area contributed by atoms with Gasteiger partial charge in [-0.2, -0.15) is 4.31 Å². The lowest BCUT2D eigenvalue weighted by molar-refractivity contribution is -0.132. The minimum absolute atomic E-state index is 0.0882. The molecule has 0 saturated carbocycles. The number of carbonyl (C=O) groups is 1. The Kier molecular flexibility index (Phi) is 6.52. The van der Waals surface area contributed by atoms with Crippen LogP contribution in [0.25, 0.3) is 0 Å². The lowest BCUT2D eigenvalue weighted by atomic mass is 10.1. The Bertz CT molecular complexity index is 956. The molecule has 1 amide bonds. The van der Waals surface area contributed by atoms with Gasteiger partial charge in [0.15, 0.2) is 0 Å². The second-order valence-electron chi connectivity index (χ2n) is 6.83. The second kappa shape index (κ2) is 8.71. The predicted octanol–water partition coefficient (Wildman–Crippen LogP) is 3.36. The lowest BCUT2D eigenvalue weighted by Gasteiger charge is -2.34. The molecule has 2 aromatic rings. The number of amides is 1. The molecule has 0 aliphatic carbocycles. The molecule has 2 aromatic carbocycles. The molecular weight excluding hydrogens is 447 g/mol. The molecule has 1 fully saturated rings. The maximum Gasteiger partial charge on any atom is 0.243 e. The van der Waals surface area contributed by atoms with E-state index in [4.69, 9.17) is 0 Å². The van der Waals surface area contributed by atoms with Crippen molar-refractivity contribution in [3.05, 3.63) is 63.9 Å². The summed E-state index contributed by atoms with van der Waals surface area (Å²) < 4.78 is 41.4. The summed E-state index contributed by atoms with van der Waals surface area (Å²) in [5, 5.41) is 0. The highest BCUT2D eigenvalue weighted by atomic mass is 79.9. The largest absolute Gasteiger partial charge is 0.340 e. The van der Waals surface area contributed by atoms with Crippen molar-refractivity contribution in [1.29, 1.82) is 0 Å². The molecule has 150 valence electrons. The quantitative estimate of drug-likeness (QED) is 0.675. The Morgan fingerprint density at radius 3 is 2.32 bits per heavy atom. The van der Waals surface area contributed by atoms with E-state index < -0.39 is 10.0 Å². The van der Waals surface area contributed by atoms with E-state index >= 15 is 0 Å². The van der Waals surface area contributed by atoms with Crippen LogP contribution in [-0.4, -0.2) is 49.7 Å². The van der Waals surface area contributed by atoms with Crippen molar-refractivity contribution in [1.82, 2.24) is 9.21 Å². The molecule has 5 nitrogen and oxygen atoms in total. The first-order chi connectivity index (χ1) is 13.3. The van der Waals surface area contributed by atoms with Gasteiger partial charge < -0.3 is 4.90 Å². The van der Waals surface area contributed by atoms with Crippen LogP contribution in [0, 0.1) is 12.7 Å². The summed E-state index contributed by atoms with van der Waals surface area (Å²) in [6.07, 6.45) is 0.517. The number of nitrogens with zero attached hydrogens (tertiary/aromatic N) is 2. The average Bonchev–Trinajstić information content (AvgIpc) is 2.67. The fourth-order valence-electron chi connectivity index (χ4n) is 3.16. The van der Waals surface area contributed by atoms with Crippen molar-refractivity contribution in [2.24, 2.45) is 0 Å². The van der Waals surface area contributed by atoms with E-state index in [-0.39, 0.29) is 36.1 Å². The van der Waals surface area contributed by atoms with Gasteiger partial charge in [0.2, 0.25) is 15.9 Å². The molecule has 1 aliphatic heterocycles. The second-order valence-corrected chi connectivity index (χ2v) is 9.69. The molecule has 28 heavy (non-hydrogen) atoms. The number of rotatable bonds is 5. The number of piperazine rings is 1. The third-order valence-electron chi connectivity index (χ3n) is 4.87. The van der Waals surface area contributed by atoms with Crippen molar-refractivity contribution >= 4 is 31.9 Å². The van der Waals surface area contributed by atoms with Gasteiger partial charge in [-0.3, -0.25) is 4.79 Å². The molecule has 0 unspecified atom stereocenters. The summed E-state index contributed by atoms with van der Waals surface area (Å²) in [5.74, 6) is -0.425. The van der Waals surface area contributed by atoms with Crippen LogP contribution < -0.4 is 0 Å². The summed E-state index contributed by atoms with van der Waals surface area (Å²) in [4.78, 5) is 14.4. The van der Waals surface area contributed by atoms with Gasteiger partial charge in [-0.1, -0.05) is 39.7 Å². The minimum Gasteiger partial charge on any atom is -0.340 e. The first kappa shape index (κ1) is 21.0. The number of sulfonamides is 1. The number of aryl methyl sites for hydroxylation is 2. The Hall–Kier alpha value is -1.77. The normalized spacial score (nSPS) is 15.6. The van der Waals surface area contributed by atoms with E-state index in [9.17, 15) is 17.6 Å². The molecule has 0 spiro atoms. The molecule has 1 heterocycles. The van der Waals surface area contributed by atoms with E-state index in [1.807, 2.05) is 6.92 Å². The van der Waals surface area contributed by atoms with Gasteiger partial charge in [-0.15, -0.1) is 0 Å². The van der Waals surface area contributed by atoms with Crippen molar-refractivity contribution in [3.63, 3.8) is 0 Å². The van der Waals surface area contributed by atoms with Crippen molar-refractivity contribution in [2.45, 2.75) is 24.7 Å². The Morgan fingerprint density at radius 1 is 1.07 bits per heavy atom. The zero-order valence-electron chi connectivity index (χ0n) is 15.6. The van der Waals surface area contributed by atoms with E-state index in [1.165, 1.54) is 10.4 Å². The van der Waals surface area contributed by atoms with Crippen LogP contribution in [0.15, 0.2) is 51.8 Å². The maximum atomic E-state index is 13.9. The number of carbonyl (C=O) groups excluding carboxylic acids is 1. The number of benzene rings is 2. The van der Waals surface area contributed by atoms with Gasteiger partial charge in [0, 0.05) is 37.1 Å².